The molecule has 19 heavy (non-hydrogen) atoms. The second-order valence-corrected chi connectivity index (χ2v) is 4.83. The van der Waals surface area contributed by atoms with Crippen LogP contribution in [-0.2, 0) is 13.1 Å². The van der Waals surface area contributed by atoms with E-state index in [0.717, 1.165) is 12.7 Å². The molecule has 1 N–H and O–H groups in total. The van der Waals surface area contributed by atoms with E-state index < -0.39 is 10.6 Å². The van der Waals surface area contributed by atoms with Crippen molar-refractivity contribution in [1.82, 2.24) is 14.9 Å². The molecule has 2 aromatic heterocycles. The summed E-state index contributed by atoms with van der Waals surface area (Å²) in [5, 5.41) is 15.7. The Morgan fingerprint density at radius 1 is 1.53 bits per heavy atom. The molecule has 0 radical (unpaired) electrons. The van der Waals surface area contributed by atoms with Crippen molar-refractivity contribution in [3.05, 3.63) is 55.4 Å². The van der Waals surface area contributed by atoms with Crippen molar-refractivity contribution >= 4 is 17.0 Å². The fourth-order valence-corrected chi connectivity index (χ4v) is 2.20. The number of nitrogens with one attached hydrogen (secondary N) is 1. The summed E-state index contributed by atoms with van der Waals surface area (Å²) in [6.45, 7) is 1.61. The topological polar surface area (TPSA) is 90.1 Å². The van der Waals surface area contributed by atoms with Gasteiger partial charge in [-0.2, -0.15) is 4.98 Å². The van der Waals surface area contributed by atoms with Gasteiger partial charge in [-0.3, -0.25) is 14.7 Å². The van der Waals surface area contributed by atoms with Gasteiger partial charge in [0.25, 0.3) is 0 Å². The van der Waals surface area contributed by atoms with Gasteiger partial charge in [0.1, 0.15) is 6.20 Å². The molecule has 0 unspecified atom stereocenters. The summed E-state index contributed by atoms with van der Waals surface area (Å²) in [4.78, 5) is 26.1. The van der Waals surface area contributed by atoms with Crippen LogP contribution in [0.5, 0.6) is 0 Å². The molecule has 8 heteroatoms. The number of rotatable bonds is 6. The van der Waals surface area contributed by atoms with Crippen LogP contribution in [0, 0.1) is 10.1 Å². The molecule has 0 spiro atoms. The lowest BCUT2D eigenvalue weighted by Gasteiger charge is -2.05. The molecule has 2 aromatic rings. The van der Waals surface area contributed by atoms with E-state index in [1.54, 1.807) is 11.3 Å². The van der Waals surface area contributed by atoms with Crippen molar-refractivity contribution in [2.45, 2.75) is 13.1 Å². The van der Waals surface area contributed by atoms with Crippen molar-refractivity contribution in [1.29, 1.82) is 0 Å². The molecule has 0 aromatic carbocycles. The lowest BCUT2D eigenvalue weighted by Crippen LogP contribution is -2.28. The van der Waals surface area contributed by atoms with E-state index in [9.17, 15) is 14.9 Å². The molecule has 2 rings (SSSR count). The van der Waals surface area contributed by atoms with E-state index in [1.165, 1.54) is 15.6 Å². The Labute approximate surface area is 112 Å². The maximum absolute atomic E-state index is 11.4. The number of aromatic nitrogens is 2. The maximum atomic E-state index is 11.4. The van der Waals surface area contributed by atoms with Gasteiger partial charge in [0, 0.05) is 24.5 Å². The van der Waals surface area contributed by atoms with Gasteiger partial charge in [-0.1, -0.05) is 6.07 Å². The summed E-state index contributed by atoms with van der Waals surface area (Å²) in [6.07, 6.45) is 2.18. The van der Waals surface area contributed by atoms with Gasteiger partial charge in [0.15, 0.2) is 0 Å². The van der Waals surface area contributed by atoms with E-state index >= 15 is 0 Å². The quantitative estimate of drug-likeness (QED) is 0.484. The Morgan fingerprint density at radius 3 is 3.05 bits per heavy atom. The number of thiophene rings is 1. The molecule has 0 aliphatic heterocycles. The van der Waals surface area contributed by atoms with Gasteiger partial charge in [0.05, 0.1) is 11.1 Å². The Balaban J connectivity index is 1.90. The van der Waals surface area contributed by atoms with Gasteiger partial charge >= 0.3 is 11.4 Å². The molecule has 0 aliphatic carbocycles. The van der Waals surface area contributed by atoms with E-state index in [-0.39, 0.29) is 5.69 Å². The molecule has 0 amide bonds. The Bertz CT molecular complexity index is 609. The largest absolute Gasteiger partial charge is 0.348 e. The third-order valence-electron chi connectivity index (χ3n) is 2.46. The second kappa shape index (κ2) is 6.21. The number of hydrogen-bond acceptors (Lipinski definition) is 6. The summed E-state index contributed by atoms with van der Waals surface area (Å²) >= 11 is 1.65. The summed E-state index contributed by atoms with van der Waals surface area (Å²) in [6, 6.07) is 3.98. The molecule has 7 nitrogen and oxygen atoms in total. The Morgan fingerprint density at radius 2 is 2.37 bits per heavy atom. The predicted molar refractivity (Wildman–Crippen MR) is 71.2 cm³/mol. The van der Waals surface area contributed by atoms with Crippen LogP contribution in [0.2, 0.25) is 0 Å². The first-order valence-electron chi connectivity index (χ1n) is 5.61. The SMILES string of the molecule is O=c1ncc([N+](=O)[O-])cn1CCNCc1cccs1. The second-order valence-electron chi connectivity index (χ2n) is 3.80. The van der Waals surface area contributed by atoms with Crippen molar-refractivity contribution < 1.29 is 4.92 Å². The number of hydrogen-bond donors (Lipinski definition) is 1. The minimum atomic E-state index is -0.567. The fraction of sp³-hybridized carbons (Fsp3) is 0.273. The van der Waals surface area contributed by atoms with Crippen LogP contribution in [0.25, 0.3) is 0 Å². The molecule has 0 saturated heterocycles. The van der Waals surface area contributed by atoms with Crippen molar-refractivity contribution in [2.75, 3.05) is 6.54 Å². The lowest BCUT2D eigenvalue weighted by molar-refractivity contribution is -0.385. The van der Waals surface area contributed by atoms with E-state index in [2.05, 4.69) is 10.3 Å². The Hall–Kier alpha value is -2.06. The zero-order chi connectivity index (χ0) is 13.7. The predicted octanol–water partition coefficient (Wildman–Crippen LogP) is 1.00. The summed E-state index contributed by atoms with van der Waals surface area (Å²) in [7, 11) is 0. The molecule has 0 fully saturated rings. The molecule has 100 valence electrons. The van der Waals surface area contributed by atoms with Crippen LogP contribution in [0.1, 0.15) is 4.88 Å². The van der Waals surface area contributed by atoms with Crippen LogP contribution in [0.3, 0.4) is 0 Å². The van der Waals surface area contributed by atoms with Gasteiger partial charge < -0.3 is 5.32 Å². The molecule has 0 bridgehead atoms. The van der Waals surface area contributed by atoms with Crippen LogP contribution < -0.4 is 11.0 Å². The number of nitrogens with zero attached hydrogens (tertiary/aromatic N) is 3. The zero-order valence-electron chi connectivity index (χ0n) is 9.98. The first-order chi connectivity index (χ1) is 9.16. The van der Waals surface area contributed by atoms with Crippen LogP contribution in [-0.4, -0.2) is 21.0 Å². The van der Waals surface area contributed by atoms with Crippen molar-refractivity contribution in [2.24, 2.45) is 0 Å². The highest BCUT2D eigenvalue weighted by atomic mass is 32.1. The highest BCUT2D eigenvalue weighted by Gasteiger charge is 2.08. The standard InChI is InChI=1S/C11H12N4O3S/c16-11-13-6-9(15(17)18)8-14(11)4-3-12-7-10-2-1-5-19-10/h1-2,5-6,8,12H,3-4,7H2. The van der Waals surface area contributed by atoms with Gasteiger partial charge in [-0.25, -0.2) is 4.79 Å². The first kappa shape index (κ1) is 13.4. The van der Waals surface area contributed by atoms with E-state index in [1.807, 2.05) is 17.5 Å². The average molecular weight is 280 g/mol. The minimum Gasteiger partial charge on any atom is -0.310 e. The zero-order valence-corrected chi connectivity index (χ0v) is 10.8. The molecule has 0 atom stereocenters. The molecule has 0 saturated carbocycles. The maximum Gasteiger partial charge on any atom is 0.348 e. The lowest BCUT2D eigenvalue weighted by atomic mass is 10.4. The van der Waals surface area contributed by atoms with Crippen LogP contribution >= 0.6 is 11.3 Å². The Kier molecular flexibility index (Phi) is 4.37. The minimum absolute atomic E-state index is 0.183. The molecular weight excluding hydrogens is 268 g/mol. The number of nitro groups is 1. The smallest absolute Gasteiger partial charge is 0.310 e. The molecule has 2 heterocycles. The van der Waals surface area contributed by atoms with Crippen LogP contribution in [0.4, 0.5) is 5.69 Å². The highest BCUT2D eigenvalue weighted by molar-refractivity contribution is 7.09. The molecule has 0 aliphatic rings. The van der Waals surface area contributed by atoms with Gasteiger partial charge in [-0.05, 0) is 11.4 Å². The third kappa shape index (κ3) is 3.70. The van der Waals surface area contributed by atoms with Gasteiger partial charge in [-0.15, -0.1) is 11.3 Å². The highest BCUT2D eigenvalue weighted by Crippen LogP contribution is 2.07. The van der Waals surface area contributed by atoms with Crippen LogP contribution in [0.15, 0.2) is 34.7 Å². The monoisotopic (exact) mass is 280 g/mol. The third-order valence-corrected chi connectivity index (χ3v) is 3.34. The van der Waals surface area contributed by atoms with E-state index in [4.69, 9.17) is 0 Å². The summed E-state index contributed by atoms with van der Waals surface area (Å²) < 4.78 is 1.24. The fourth-order valence-electron chi connectivity index (χ4n) is 1.52. The molecular formula is C11H12N4O3S. The van der Waals surface area contributed by atoms with Crippen molar-refractivity contribution in [3.8, 4) is 0 Å². The first-order valence-corrected chi connectivity index (χ1v) is 6.49. The normalized spacial score (nSPS) is 10.5. The van der Waals surface area contributed by atoms with Crippen molar-refractivity contribution in [3.63, 3.8) is 0 Å². The summed E-state index contributed by atoms with van der Waals surface area (Å²) in [5.74, 6) is 0. The van der Waals surface area contributed by atoms with E-state index in [0.29, 0.717) is 13.1 Å². The van der Waals surface area contributed by atoms with Gasteiger partial charge in [0.2, 0.25) is 0 Å². The average Bonchev–Trinajstić information content (AvgIpc) is 2.89. The summed E-state index contributed by atoms with van der Waals surface area (Å²) in [5.41, 5.74) is -0.665.